The molecule has 1 aromatic rings. The Labute approximate surface area is 58.3 Å². The maximum atomic E-state index is 4.20. The van der Waals surface area contributed by atoms with Gasteiger partial charge in [-0.1, -0.05) is 0 Å². The van der Waals surface area contributed by atoms with Crippen molar-refractivity contribution in [2.24, 2.45) is 0 Å². The van der Waals surface area contributed by atoms with Gasteiger partial charge in [-0.25, -0.2) is 4.98 Å². The molecule has 2 nitrogen and oxygen atoms in total. The summed E-state index contributed by atoms with van der Waals surface area (Å²) in [6.45, 7) is 1.14. The van der Waals surface area contributed by atoms with Crippen LogP contribution in [0.5, 0.6) is 0 Å². The van der Waals surface area contributed by atoms with Gasteiger partial charge in [-0.05, 0) is 0 Å². The molecule has 2 rings (SSSR count). The van der Waals surface area contributed by atoms with Crippen molar-refractivity contribution in [2.45, 2.75) is 12.3 Å². The molecule has 0 N–H and O–H groups in total. The minimum atomic E-state index is 1.09. The van der Waals surface area contributed by atoms with E-state index in [0.717, 1.165) is 12.3 Å². The fourth-order valence-electron chi connectivity index (χ4n) is 1.01. The zero-order chi connectivity index (χ0) is 6.10. The molecule has 0 unspecified atom stereocenters. The van der Waals surface area contributed by atoms with E-state index in [4.69, 9.17) is 0 Å². The lowest BCUT2D eigenvalue weighted by atomic mass is 10.6. The van der Waals surface area contributed by atoms with Crippen LogP contribution in [-0.4, -0.2) is 15.3 Å². The first-order valence-corrected chi connectivity index (χ1v) is 4.20. The van der Waals surface area contributed by atoms with E-state index in [-0.39, 0.29) is 0 Å². The van der Waals surface area contributed by atoms with Gasteiger partial charge in [0.15, 0.2) is 0 Å². The molecule has 48 valence electrons. The first-order chi connectivity index (χ1) is 4.47. The average molecular weight is 140 g/mol. The van der Waals surface area contributed by atoms with Crippen molar-refractivity contribution >= 4 is 11.8 Å². The van der Waals surface area contributed by atoms with Gasteiger partial charge in [0, 0.05) is 24.7 Å². The zero-order valence-electron chi connectivity index (χ0n) is 5.08. The summed E-state index contributed by atoms with van der Waals surface area (Å²) >= 11 is 1.96. The van der Waals surface area contributed by atoms with Crippen LogP contribution < -0.4 is 0 Å². The van der Waals surface area contributed by atoms with Crippen molar-refractivity contribution in [2.75, 3.05) is 5.75 Å². The predicted molar refractivity (Wildman–Crippen MR) is 38.4 cm³/mol. The lowest BCUT2D eigenvalue weighted by molar-refractivity contribution is 0.718. The fraction of sp³-hybridized carbons (Fsp3) is 0.500. The zero-order valence-corrected chi connectivity index (χ0v) is 5.90. The molecular formula is C6H8N2S. The second-order valence-corrected chi connectivity index (χ2v) is 3.19. The minimum Gasteiger partial charge on any atom is -0.333 e. The van der Waals surface area contributed by atoms with Crippen LogP contribution >= 0.6 is 11.8 Å². The van der Waals surface area contributed by atoms with Gasteiger partial charge in [-0.15, -0.1) is 0 Å². The van der Waals surface area contributed by atoms with E-state index < -0.39 is 0 Å². The number of fused-ring (bicyclic) bond motifs is 1. The van der Waals surface area contributed by atoms with Gasteiger partial charge < -0.3 is 4.57 Å². The van der Waals surface area contributed by atoms with Crippen molar-refractivity contribution in [3.63, 3.8) is 0 Å². The molecule has 0 aromatic carbocycles. The fourth-order valence-corrected chi connectivity index (χ4v) is 1.90. The number of imidazole rings is 1. The normalized spacial score (nSPS) is 17.3. The summed E-state index contributed by atoms with van der Waals surface area (Å²) in [4.78, 5) is 4.20. The highest BCUT2D eigenvalue weighted by Gasteiger charge is 2.06. The van der Waals surface area contributed by atoms with Gasteiger partial charge in [0.2, 0.25) is 0 Å². The summed E-state index contributed by atoms with van der Waals surface area (Å²) in [5, 5.41) is 0. The van der Waals surface area contributed by atoms with Gasteiger partial charge in [-0.2, -0.15) is 11.8 Å². The molecule has 0 radical (unpaired) electrons. The summed E-state index contributed by atoms with van der Waals surface area (Å²) in [6, 6.07) is 0. The number of aromatic nitrogens is 2. The molecule has 0 bridgehead atoms. The van der Waals surface area contributed by atoms with Crippen molar-refractivity contribution in [3.05, 3.63) is 18.2 Å². The average Bonchev–Trinajstić information content (AvgIpc) is 2.33. The van der Waals surface area contributed by atoms with Crippen molar-refractivity contribution in [3.8, 4) is 0 Å². The molecular weight excluding hydrogens is 132 g/mol. The van der Waals surface area contributed by atoms with E-state index in [9.17, 15) is 0 Å². The van der Waals surface area contributed by atoms with Crippen LogP contribution in [0.4, 0.5) is 0 Å². The Hall–Kier alpha value is -0.440. The van der Waals surface area contributed by atoms with E-state index in [0.29, 0.717) is 0 Å². The Balaban J connectivity index is 2.39. The van der Waals surface area contributed by atoms with Gasteiger partial charge >= 0.3 is 0 Å². The molecule has 3 heteroatoms. The topological polar surface area (TPSA) is 17.8 Å². The maximum Gasteiger partial charge on any atom is 0.118 e. The van der Waals surface area contributed by atoms with Gasteiger partial charge in [0.1, 0.15) is 5.82 Å². The second kappa shape index (κ2) is 2.06. The Kier molecular flexibility index (Phi) is 1.23. The molecule has 0 atom stereocenters. The van der Waals surface area contributed by atoms with Crippen LogP contribution in [0.25, 0.3) is 0 Å². The molecule has 2 heterocycles. The summed E-state index contributed by atoms with van der Waals surface area (Å²) in [5.41, 5.74) is 0. The highest BCUT2D eigenvalue weighted by molar-refractivity contribution is 7.98. The Morgan fingerprint density at radius 1 is 1.67 bits per heavy atom. The lowest BCUT2D eigenvalue weighted by Gasteiger charge is -2.11. The number of aryl methyl sites for hydroxylation is 1. The monoisotopic (exact) mass is 140 g/mol. The summed E-state index contributed by atoms with van der Waals surface area (Å²) in [5.74, 6) is 3.56. The Bertz CT molecular complexity index is 186. The number of hydrogen-bond acceptors (Lipinski definition) is 2. The van der Waals surface area contributed by atoms with Crippen molar-refractivity contribution in [1.29, 1.82) is 0 Å². The van der Waals surface area contributed by atoms with E-state index in [2.05, 4.69) is 15.7 Å². The third kappa shape index (κ3) is 0.852. The van der Waals surface area contributed by atoms with Crippen LogP contribution in [-0.2, 0) is 12.3 Å². The van der Waals surface area contributed by atoms with E-state index in [1.807, 2.05) is 18.0 Å². The number of nitrogens with zero attached hydrogens (tertiary/aromatic N) is 2. The molecule has 1 aliphatic heterocycles. The quantitative estimate of drug-likeness (QED) is 0.537. The lowest BCUT2D eigenvalue weighted by Crippen LogP contribution is -2.09. The highest BCUT2D eigenvalue weighted by atomic mass is 32.2. The molecule has 1 aliphatic rings. The summed E-state index contributed by atoms with van der Waals surface area (Å²) in [7, 11) is 0. The Morgan fingerprint density at radius 3 is 3.56 bits per heavy atom. The number of rotatable bonds is 0. The molecule has 1 aromatic heterocycles. The molecule has 0 saturated carbocycles. The molecule has 0 spiro atoms. The van der Waals surface area contributed by atoms with Crippen molar-refractivity contribution < 1.29 is 0 Å². The standard InChI is InChI=1S/C6H8N2S/c1-2-8-3-4-9-5-6(8)7-1/h1-2H,3-5H2. The summed E-state index contributed by atoms with van der Waals surface area (Å²) < 4.78 is 2.22. The molecule has 9 heavy (non-hydrogen) atoms. The van der Waals surface area contributed by atoms with Crippen LogP contribution in [0.2, 0.25) is 0 Å². The third-order valence-corrected chi connectivity index (χ3v) is 2.44. The van der Waals surface area contributed by atoms with Gasteiger partial charge in [0.05, 0.1) is 5.75 Å². The third-order valence-electron chi connectivity index (χ3n) is 1.51. The van der Waals surface area contributed by atoms with E-state index >= 15 is 0 Å². The first-order valence-electron chi connectivity index (χ1n) is 3.04. The number of hydrogen-bond donors (Lipinski definition) is 0. The largest absolute Gasteiger partial charge is 0.333 e. The summed E-state index contributed by atoms with van der Waals surface area (Å²) in [6.07, 6.45) is 3.93. The molecule has 0 amide bonds. The van der Waals surface area contributed by atoms with Crippen LogP contribution in [0.3, 0.4) is 0 Å². The molecule has 0 aliphatic carbocycles. The molecule has 0 saturated heterocycles. The van der Waals surface area contributed by atoms with E-state index in [1.165, 1.54) is 11.6 Å². The van der Waals surface area contributed by atoms with Crippen LogP contribution in [0.15, 0.2) is 12.4 Å². The second-order valence-electron chi connectivity index (χ2n) is 2.09. The Morgan fingerprint density at radius 2 is 2.67 bits per heavy atom. The van der Waals surface area contributed by atoms with Gasteiger partial charge in [-0.3, -0.25) is 0 Å². The number of thioether (sulfide) groups is 1. The van der Waals surface area contributed by atoms with Crippen molar-refractivity contribution in [1.82, 2.24) is 9.55 Å². The highest BCUT2D eigenvalue weighted by Crippen LogP contribution is 2.16. The van der Waals surface area contributed by atoms with E-state index in [1.54, 1.807) is 0 Å². The molecule has 0 fully saturated rings. The van der Waals surface area contributed by atoms with Crippen LogP contribution in [0.1, 0.15) is 5.82 Å². The minimum absolute atomic E-state index is 1.09. The maximum absolute atomic E-state index is 4.20. The SMILES string of the molecule is c1cn2c(n1)CSCC2. The van der Waals surface area contributed by atoms with Gasteiger partial charge in [0.25, 0.3) is 0 Å². The van der Waals surface area contributed by atoms with Crippen LogP contribution in [0, 0.1) is 0 Å². The predicted octanol–water partition coefficient (Wildman–Crippen LogP) is 1.13. The smallest absolute Gasteiger partial charge is 0.118 e. The first kappa shape index (κ1) is 5.35.